The topological polar surface area (TPSA) is 24.5 Å². The summed E-state index contributed by atoms with van der Waals surface area (Å²) < 4.78 is 5.50. The number of likely N-dealkylation sites (N-methyl/N-ethyl adjacent to an activating group) is 1. The molecule has 0 unspecified atom stereocenters. The molecule has 3 nitrogen and oxygen atoms in total. The van der Waals surface area contributed by atoms with E-state index >= 15 is 0 Å². The first kappa shape index (κ1) is 14.9. The van der Waals surface area contributed by atoms with Crippen LogP contribution in [0.4, 0.5) is 0 Å². The molecule has 3 heteroatoms. The summed E-state index contributed by atoms with van der Waals surface area (Å²) in [7, 11) is 2.16. The third kappa shape index (κ3) is 11.8. The molecule has 0 saturated carbocycles. The molecule has 0 fully saturated rings. The second-order valence-electron chi connectivity index (χ2n) is 4.28. The van der Waals surface area contributed by atoms with Gasteiger partial charge in [-0.25, -0.2) is 0 Å². The van der Waals surface area contributed by atoms with Gasteiger partial charge in [0.2, 0.25) is 0 Å². The Balaban J connectivity index is 3.15. The average Bonchev–Trinajstić information content (AvgIpc) is 2.17. The summed E-state index contributed by atoms with van der Waals surface area (Å²) >= 11 is 0. The summed E-state index contributed by atoms with van der Waals surface area (Å²) in [6, 6.07) is 0. The van der Waals surface area contributed by atoms with Gasteiger partial charge in [0.15, 0.2) is 0 Å². The maximum atomic E-state index is 5.50. The smallest absolute Gasteiger partial charge is 0.0596 e. The van der Waals surface area contributed by atoms with Crippen LogP contribution in [0.3, 0.4) is 0 Å². The fourth-order valence-corrected chi connectivity index (χ4v) is 1.36. The molecule has 0 aliphatic heterocycles. The molecule has 0 spiro atoms. The van der Waals surface area contributed by atoms with E-state index in [-0.39, 0.29) is 0 Å². The van der Waals surface area contributed by atoms with Gasteiger partial charge in [-0.3, -0.25) is 0 Å². The highest BCUT2D eigenvalue weighted by Gasteiger charge is 1.99. The van der Waals surface area contributed by atoms with Crippen LogP contribution < -0.4 is 5.32 Å². The van der Waals surface area contributed by atoms with Crippen LogP contribution in [0.15, 0.2) is 0 Å². The number of nitrogens with one attached hydrogen (secondary N) is 1. The maximum Gasteiger partial charge on any atom is 0.0596 e. The minimum absolute atomic E-state index is 0.354. The Labute approximate surface area is 95.2 Å². The van der Waals surface area contributed by atoms with E-state index in [4.69, 9.17) is 4.74 Å². The van der Waals surface area contributed by atoms with E-state index in [0.717, 1.165) is 26.2 Å². The predicted molar refractivity (Wildman–Crippen MR) is 66.4 cm³/mol. The quantitative estimate of drug-likeness (QED) is 0.563. The van der Waals surface area contributed by atoms with Crippen LogP contribution in [-0.4, -0.2) is 50.8 Å². The number of rotatable bonds is 10. The molecule has 0 bridgehead atoms. The largest absolute Gasteiger partial charge is 0.377 e. The molecule has 1 N–H and O–H groups in total. The van der Waals surface area contributed by atoms with Gasteiger partial charge in [0.1, 0.15) is 0 Å². The number of nitrogens with zero attached hydrogens (tertiary/aromatic N) is 1. The molecule has 0 saturated heterocycles. The third-order valence-corrected chi connectivity index (χ3v) is 2.32. The summed E-state index contributed by atoms with van der Waals surface area (Å²) in [5, 5.41) is 3.34. The molecule has 0 aliphatic rings. The van der Waals surface area contributed by atoms with Crippen molar-refractivity contribution in [2.24, 2.45) is 0 Å². The standard InChI is InChI=1S/C12H28N2O/c1-5-13-8-6-7-9-14(4)10-11-15-12(2)3/h12-13H,5-11H2,1-4H3. The fourth-order valence-electron chi connectivity index (χ4n) is 1.36. The SMILES string of the molecule is CCNCCCCN(C)CCOC(C)C. The van der Waals surface area contributed by atoms with Gasteiger partial charge < -0.3 is 15.0 Å². The molecule has 0 rings (SSSR count). The van der Waals surface area contributed by atoms with Crippen LogP contribution in [0.25, 0.3) is 0 Å². The van der Waals surface area contributed by atoms with Crippen molar-refractivity contribution in [2.75, 3.05) is 39.8 Å². The Morgan fingerprint density at radius 3 is 2.53 bits per heavy atom. The van der Waals surface area contributed by atoms with Crippen molar-refractivity contribution < 1.29 is 4.74 Å². The lowest BCUT2D eigenvalue weighted by Crippen LogP contribution is -2.26. The third-order valence-electron chi connectivity index (χ3n) is 2.32. The Hall–Kier alpha value is -0.120. The van der Waals surface area contributed by atoms with Crippen molar-refractivity contribution in [1.82, 2.24) is 10.2 Å². The van der Waals surface area contributed by atoms with Crippen LogP contribution in [0.2, 0.25) is 0 Å². The van der Waals surface area contributed by atoms with Crippen molar-refractivity contribution in [3.63, 3.8) is 0 Å². The van der Waals surface area contributed by atoms with Crippen LogP contribution >= 0.6 is 0 Å². The summed E-state index contributed by atoms with van der Waals surface area (Å²) in [5.41, 5.74) is 0. The van der Waals surface area contributed by atoms with Gasteiger partial charge in [-0.15, -0.1) is 0 Å². The van der Waals surface area contributed by atoms with E-state index in [1.165, 1.54) is 19.4 Å². The van der Waals surface area contributed by atoms with Gasteiger partial charge in [-0.2, -0.15) is 0 Å². The highest BCUT2D eigenvalue weighted by atomic mass is 16.5. The Morgan fingerprint density at radius 1 is 1.20 bits per heavy atom. The van der Waals surface area contributed by atoms with Gasteiger partial charge in [0.25, 0.3) is 0 Å². The molecular formula is C12H28N2O. The predicted octanol–water partition coefficient (Wildman–Crippen LogP) is 1.73. The van der Waals surface area contributed by atoms with E-state index in [9.17, 15) is 0 Å². The first-order valence-corrected chi connectivity index (χ1v) is 6.17. The highest BCUT2D eigenvalue weighted by molar-refractivity contribution is 4.53. The van der Waals surface area contributed by atoms with E-state index in [1.54, 1.807) is 0 Å². The molecule has 0 aliphatic carbocycles. The van der Waals surface area contributed by atoms with E-state index in [1.807, 2.05) is 0 Å². The van der Waals surface area contributed by atoms with Crippen molar-refractivity contribution in [1.29, 1.82) is 0 Å². The fraction of sp³-hybridized carbons (Fsp3) is 1.00. The zero-order valence-electron chi connectivity index (χ0n) is 10.9. The minimum atomic E-state index is 0.354. The Bertz CT molecular complexity index is 129. The molecule has 0 aromatic heterocycles. The lowest BCUT2D eigenvalue weighted by Gasteiger charge is -2.17. The van der Waals surface area contributed by atoms with Gasteiger partial charge in [-0.05, 0) is 53.4 Å². The van der Waals surface area contributed by atoms with Crippen molar-refractivity contribution in [3.05, 3.63) is 0 Å². The van der Waals surface area contributed by atoms with Crippen molar-refractivity contribution in [2.45, 2.75) is 39.7 Å². The average molecular weight is 216 g/mol. The summed E-state index contributed by atoms with van der Waals surface area (Å²) in [4.78, 5) is 2.34. The Morgan fingerprint density at radius 2 is 1.93 bits per heavy atom. The summed E-state index contributed by atoms with van der Waals surface area (Å²) in [5.74, 6) is 0. The minimum Gasteiger partial charge on any atom is -0.377 e. The first-order chi connectivity index (χ1) is 7.16. The van der Waals surface area contributed by atoms with Crippen LogP contribution in [-0.2, 0) is 4.74 Å². The summed E-state index contributed by atoms with van der Waals surface area (Å²) in [6.45, 7) is 11.6. The van der Waals surface area contributed by atoms with Gasteiger partial charge in [0.05, 0.1) is 12.7 Å². The number of hydrogen-bond acceptors (Lipinski definition) is 3. The molecule has 15 heavy (non-hydrogen) atoms. The maximum absolute atomic E-state index is 5.50. The monoisotopic (exact) mass is 216 g/mol. The molecule has 0 aromatic carbocycles. The zero-order chi connectivity index (χ0) is 11.5. The molecule has 0 atom stereocenters. The van der Waals surface area contributed by atoms with Gasteiger partial charge in [-0.1, -0.05) is 6.92 Å². The van der Waals surface area contributed by atoms with Gasteiger partial charge in [0, 0.05) is 6.54 Å². The number of ether oxygens (including phenoxy) is 1. The number of unbranched alkanes of at least 4 members (excludes halogenated alkanes) is 1. The second kappa shape index (κ2) is 10.4. The molecule has 0 aromatic rings. The van der Waals surface area contributed by atoms with Crippen molar-refractivity contribution in [3.8, 4) is 0 Å². The van der Waals surface area contributed by atoms with E-state index in [0.29, 0.717) is 6.10 Å². The molecule has 92 valence electrons. The zero-order valence-corrected chi connectivity index (χ0v) is 10.9. The summed E-state index contributed by atoms with van der Waals surface area (Å²) in [6.07, 6.45) is 2.89. The molecule has 0 radical (unpaired) electrons. The highest BCUT2D eigenvalue weighted by Crippen LogP contribution is 1.93. The lowest BCUT2D eigenvalue weighted by atomic mass is 10.3. The second-order valence-corrected chi connectivity index (χ2v) is 4.28. The molecule has 0 heterocycles. The van der Waals surface area contributed by atoms with Crippen molar-refractivity contribution >= 4 is 0 Å². The lowest BCUT2D eigenvalue weighted by molar-refractivity contribution is 0.0636. The van der Waals surface area contributed by atoms with Gasteiger partial charge >= 0.3 is 0 Å². The molecule has 0 amide bonds. The molecular weight excluding hydrogens is 188 g/mol. The van der Waals surface area contributed by atoms with E-state index in [2.05, 4.69) is 38.0 Å². The first-order valence-electron chi connectivity index (χ1n) is 6.17. The Kier molecular flexibility index (Phi) is 10.3. The number of hydrogen-bond donors (Lipinski definition) is 1. The normalized spacial score (nSPS) is 11.6. The van der Waals surface area contributed by atoms with E-state index < -0.39 is 0 Å². The van der Waals surface area contributed by atoms with Crippen LogP contribution in [0.5, 0.6) is 0 Å². The van der Waals surface area contributed by atoms with Crippen LogP contribution in [0.1, 0.15) is 33.6 Å². The van der Waals surface area contributed by atoms with Crippen LogP contribution in [0, 0.1) is 0 Å².